The first kappa shape index (κ1) is 17.0. The number of carbonyl (C=O) groups excluding carboxylic acids is 1. The SMILES string of the molecule is CCCCCCn1nnc(C=O)c1COc1cccc(OC)c1. The molecule has 6 nitrogen and oxygen atoms in total. The maximum Gasteiger partial charge on any atom is 0.172 e. The molecule has 0 aliphatic carbocycles. The molecule has 0 saturated carbocycles. The number of hydrogen-bond donors (Lipinski definition) is 0. The summed E-state index contributed by atoms with van der Waals surface area (Å²) in [6.45, 7) is 3.17. The Morgan fingerprint density at radius 3 is 2.78 bits per heavy atom. The smallest absolute Gasteiger partial charge is 0.172 e. The lowest BCUT2D eigenvalue weighted by Gasteiger charge is -2.10. The summed E-state index contributed by atoms with van der Waals surface area (Å²) < 4.78 is 12.7. The van der Waals surface area contributed by atoms with Gasteiger partial charge in [0, 0.05) is 12.6 Å². The molecule has 23 heavy (non-hydrogen) atoms. The van der Waals surface area contributed by atoms with Gasteiger partial charge in [0.1, 0.15) is 23.8 Å². The molecule has 124 valence electrons. The molecular weight excluding hydrogens is 294 g/mol. The summed E-state index contributed by atoms with van der Waals surface area (Å²) in [5, 5.41) is 7.98. The van der Waals surface area contributed by atoms with E-state index in [1.807, 2.05) is 18.2 Å². The second-order valence-electron chi connectivity index (χ2n) is 5.29. The summed E-state index contributed by atoms with van der Waals surface area (Å²) in [6.07, 6.45) is 5.26. The van der Waals surface area contributed by atoms with Crippen molar-refractivity contribution in [2.45, 2.75) is 45.8 Å². The van der Waals surface area contributed by atoms with Crippen molar-refractivity contribution in [3.8, 4) is 11.5 Å². The van der Waals surface area contributed by atoms with E-state index in [0.29, 0.717) is 17.1 Å². The summed E-state index contributed by atoms with van der Waals surface area (Å²) in [6, 6.07) is 7.35. The van der Waals surface area contributed by atoms with Crippen LogP contribution < -0.4 is 9.47 Å². The van der Waals surface area contributed by atoms with Gasteiger partial charge in [-0.15, -0.1) is 5.10 Å². The van der Waals surface area contributed by atoms with Gasteiger partial charge in [-0.1, -0.05) is 37.5 Å². The molecule has 0 atom stereocenters. The molecule has 0 aliphatic heterocycles. The average Bonchev–Trinajstić information content (AvgIpc) is 2.99. The standard InChI is InChI=1S/C17H23N3O3/c1-3-4-5-6-10-20-17(16(12-21)18-19-20)13-23-15-9-7-8-14(11-15)22-2/h7-9,11-12H,3-6,10,13H2,1-2H3. The Labute approximate surface area is 136 Å². The summed E-state index contributed by atoms with van der Waals surface area (Å²) in [7, 11) is 1.61. The van der Waals surface area contributed by atoms with Crippen molar-refractivity contribution >= 4 is 6.29 Å². The van der Waals surface area contributed by atoms with E-state index in [1.54, 1.807) is 17.9 Å². The Kier molecular flexibility index (Phi) is 6.59. The van der Waals surface area contributed by atoms with Gasteiger partial charge >= 0.3 is 0 Å². The fraction of sp³-hybridized carbons (Fsp3) is 0.471. The third-order valence-electron chi connectivity index (χ3n) is 3.62. The van der Waals surface area contributed by atoms with Crippen LogP contribution in [0.4, 0.5) is 0 Å². The maximum atomic E-state index is 11.1. The number of rotatable bonds is 10. The molecule has 0 fully saturated rings. The van der Waals surface area contributed by atoms with Crippen molar-refractivity contribution in [2.24, 2.45) is 0 Å². The molecule has 1 heterocycles. The molecular formula is C17H23N3O3. The molecule has 0 amide bonds. The van der Waals surface area contributed by atoms with Gasteiger partial charge in [-0.2, -0.15) is 0 Å². The molecule has 1 aromatic heterocycles. The van der Waals surface area contributed by atoms with E-state index >= 15 is 0 Å². The third kappa shape index (κ3) is 4.81. The zero-order chi connectivity index (χ0) is 16.5. The van der Waals surface area contributed by atoms with E-state index in [2.05, 4.69) is 17.2 Å². The Morgan fingerprint density at radius 1 is 1.22 bits per heavy atom. The number of ether oxygens (including phenoxy) is 2. The van der Waals surface area contributed by atoms with Crippen LogP contribution in [0.5, 0.6) is 11.5 Å². The number of hydrogen-bond acceptors (Lipinski definition) is 5. The van der Waals surface area contributed by atoms with Crippen LogP contribution in [0.1, 0.15) is 48.8 Å². The van der Waals surface area contributed by atoms with Crippen LogP contribution in [0.25, 0.3) is 0 Å². The Balaban J connectivity index is 2.02. The second kappa shape index (κ2) is 8.92. The Hall–Kier alpha value is -2.37. The highest BCUT2D eigenvalue weighted by Gasteiger charge is 2.13. The lowest BCUT2D eigenvalue weighted by Crippen LogP contribution is -2.09. The van der Waals surface area contributed by atoms with Gasteiger partial charge in [0.2, 0.25) is 0 Å². The van der Waals surface area contributed by atoms with Gasteiger partial charge in [-0.05, 0) is 18.6 Å². The van der Waals surface area contributed by atoms with E-state index in [-0.39, 0.29) is 6.61 Å². The quantitative estimate of drug-likeness (QED) is 0.497. The van der Waals surface area contributed by atoms with Crippen LogP contribution in [0, 0.1) is 0 Å². The van der Waals surface area contributed by atoms with Gasteiger partial charge in [0.15, 0.2) is 12.0 Å². The highest BCUT2D eigenvalue weighted by molar-refractivity contribution is 5.73. The van der Waals surface area contributed by atoms with Crippen LogP contribution in [0.15, 0.2) is 24.3 Å². The van der Waals surface area contributed by atoms with Gasteiger partial charge in [0.05, 0.1) is 7.11 Å². The van der Waals surface area contributed by atoms with Crippen molar-refractivity contribution in [1.82, 2.24) is 15.0 Å². The van der Waals surface area contributed by atoms with Crippen LogP contribution >= 0.6 is 0 Å². The summed E-state index contributed by atoms with van der Waals surface area (Å²) >= 11 is 0. The monoisotopic (exact) mass is 317 g/mol. The number of aldehydes is 1. The Morgan fingerprint density at radius 2 is 2.04 bits per heavy atom. The van der Waals surface area contributed by atoms with Crippen molar-refractivity contribution in [1.29, 1.82) is 0 Å². The maximum absolute atomic E-state index is 11.1. The fourth-order valence-electron chi connectivity index (χ4n) is 2.30. The molecule has 0 spiro atoms. The van der Waals surface area contributed by atoms with Crippen LogP contribution in [-0.4, -0.2) is 28.4 Å². The predicted molar refractivity (Wildman–Crippen MR) is 86.9 cm³/mol. The molecule has 2 rings (SSSR count). The molecule has 0 N–H and O–H groups in total. The second-order valence-corrected chi connectivity index (χ2v) is 5.29. The Bertz CT molecular complexity index is 625. The number of aryl methyl sites for hydroxylation is 1. The highest BCUT2D eigenvalue weighted by atomic mass is 16.5. The first-order chi connectivity index (χ1) is 11.3. The van der Waals surface area contributed by atoms with Gasteiger partial charge in [0.25, 0.3) is 0 Å². The number of carbonyl (C=O) groups is 1. The largest absolute Gasteiger partial charge is 0.497 e. The first-order valence-electron chi connectivity index (χ1n) is 7.93. The topological polar surface area (TPSA) is 66.2 Å². The summed E-state index contributed by atoms with van der Waals surface area (Å²) in [5.41, 5.74) is 1.04. The van der Waals surface area contributed by atoms with Crippen molar-refractivity contribution in [3.63, 3.8) is 0 Å². The van der Waals surface area contributed by atoms with Gasteiger partial charge in [-0.25, -0.2) is 4.68 Å². The lowest BCUT2D eigenvalue weighted by atomic mass is 10.2. The zero-order valence-corrected chi connectivity index (χ0v) is 13.7. The molecule has 0 saturated heterocycles. The number of aromatic nitrogens is 3. The van der Waals surface area contributed by atoms with Gasteiger partial charge in [-0.3, -0.25) is 4.79 Å². The molecule has 1 aromatic carbocycles. The molecule has 0 aliphatic rings. The van der Waals surface area contributed by atoms with E-state index in [4.69, 9.17) is 9.47 Å². The normalized spacial score (nSPS) is 10.5. The molecule has 0 radical (unpaired) electrons. The molecule has 0 bridgehead atoms. The number of benzene rings is 1. The number of methoxy groups -OCH3 is 1. The fourth-order valence-corrected chi connectivity index (χ4v) is 2.30. The number of unbranched alkanes of at least 4 members (excludes halogenated alkanes) is 3. The first-order valence-corrected chi connectivity index (χ1v) is 7.93. The van der Waals surface area contributed by atoms with E-state index in [1.165, 1.54) is 12.8 Å². The third-order valence-corrected chi connectivity index (χ3v) is 3.62. The van der Waals surface area contributed by atoms with Crippen molar-refractivity contribution in [2.75, 3.05) is 7.11 Å². The van der Waals surface area contributed by atoms with Crippen LogP contribution in [-0.2, 0) is 13.2 Å². The lowest BCUT2D eigenvalue weighted by molar-refractivity contribution is 0.111. The average molecular weight is 317 g/mol. The van der Waals surface area contributed by atoms with Crippen LogP contribution in [0.2, 0.25) is 0 Å². The highest BCUT2D eigenvalue weighted by Crippen LogP contribution is 2.20. The predicted octanol–water partition coefficient (Wildman–Crippen LogP) is 3.26. The summed E-state index contributed by atoms with van der Waals surface area (Å²) in [5.74, 6) is 1.41. The molecule has 0 unspecified atom stereocenters. The summed E-state index contributed by atoms with van der Waals surface area (Å²) in [4.78, 5) is 11.1. The molecule has 6 heteroatoms. The van der Waals surface area contributed by atoms with E-state index in [9.17, 15) is 4.79 Å². The number of nitrogens with zero attached hydrogens (tertiary/aromatic N) is 3. The van der Waals surface area contributed by atoms with E-state index in [0.717, 1.165) is 31.4 Å². The minimum absolute atomic E-state index is 0.252. The molecule has 2 aromatic rings. The van der Waals surface area contributed by atoms with Crippen molar-refractivity contribution in [3.05, 3.63) is 35.7 Å². The van der Waals surface area contributed by atoms with E-state index < -0.39 is 0 Å². The van der Waals surface area contributed by atoms with Crippen molar-refractivity contribution < 1.29 is 14.3 Å². The van der Waals surface area contributed by atoms with Crippen LogP contribution in [0.3, 0.4) is 0 Å². The minimum Gasteiger partial charge on any atom is -0.497 e. The minimum atomic E-state index is 0.252. The zero-order valence-electron chi connectivity index (χ0n) is 13.7. The van der Waals surface area contributed by atoms with Gasteiger partial charge < -0.3 is 9.47 Å².